The minimum atomic E-state index is -4.67. The first-order valence-electron chi connectivity index (χ1n) is 3.83. The molecule has 0 radical (unpaired) electrons. The van der Waals surface area contributed by atoms with Crippen LogP contribution in [0, 0.1) is 0 Å². The van der Waals surface area contributed by atoms with Crippen molar-refractivity contribution >= 4 is 21.6 Å². The highest BCUT2D eigenvalue weighted by molar-refractivity contribution is 9.10. The zero-order valence-corrected chi connectivity index (χ0v) is 9.07. The molecule has 0 bridgehead atoms. The Balaban J connectivity index is 3.27. The van der Waals surface area contributed by atoms with E-state index in [0.717, 1.165) is 6.07 Å². The smallest absolute Gasteiger partial charge is 0.417 e. The lowest BCUT2D eigenvalue weighted by atomic mass is 10.2. The molecule has 8 heteroatoms. The van der Waals surface area contributed by atoms with Crippen molar-refractivity contribution < 1.29 is 26.7 Å². The van der Waals surface area contributed by atoms with Gasteiger partial charge in [-0.05, 0) is 28.1 Å². The molecule has 0 spiro atoms. The van der Waals surface area contributed by atoms with Gasteiger partial charge in [-0.15, -0.1) is 0 Å². The van der Waals surface area contributed by atoms with Crippen LogP contribution in [-0.2, 0) is 6.18 Å². The molecule has 0 fully saturated rings. The van der Waals surface area contributed by atoms with Crippen molar-refractivity contribution in [3.8, 4) is 5.75 Å². The minimum Gasteiger partial charge on any atom is -0.431 e. The minimum absolute atomic E-state index is 0.305. The van der Waals surface area contributed by atoms with Crippen molar-refractivity contribution in [3.05, 3.63) is 22.2 Å². The molecule has 1 aromatic rings. The van der Waals surface area contributed by atoms with Gasteiger partial charge in [0, 0.05) is 0 Å². The summed E-state index contributed by atoms with van der Waals surface area (Å²) in [5.74, 6) is -0.718. The predicted octanol–water partition coefficient (Wildman–Crippen LogP) is 3.65. The number of benzene rings is 1. The Morgan fingerprint density at radius 3 is 2.25 bits per heavy atom. The zero-order chi connectivity index (χ0) is 12.5. The SMILES string of the molecule is Nc1ccc(C(F)(F)F)c(Br)c1OC(F)F. The van der Waals surface area contributed by atoms with Crippen LogP contribution in [0.25, 0.3) is 0 Å². The van der Waals surface area contributed by atoms with Crippen LogP contribution in [0.5, 0.6) is 5.75 Å². The molecule has 0 amide bonds. The molecule has 0 aromatic heterocycles. The summed E-state index contributed by atoms with van der Waals surface area (Å²) in [6, 6.07) is 1.53. The number of halogens is 6. The molecule has 2 nitrogen and oxygen atoms in total. The molecule has 0 unspecified atom stereocenters. The number of hydrogen-bond acceptors (Lipinski definition) is 2. The molecule has 0 aliphatic rings. The number of anilines is 1. The lowest BCUT2D eigenvalue weighted by molar-refractivity contribution is -0.138. The van der Waals surface area contributed by atoms with Crippen LogP contribution in [0.4, 0.5) is 27.6 Å². The van der Waals surface area contributed by atoms with Crippen LogP contribution in [0.3, 0.4) is 0 Å². The standard InChI is InChI=1S/C8H5BrF5NO/c9-5-3(8(12,13)14)1-2-4(15)6(5)16-7(10)11/h1-2,7H,15H2. The Bertz CT molecular complexity index is 393. The first-order chi connectivity index (χ1) is 7.23. The third-order valence-electron chi connectivity index (χ3n) is 1.64. The molecule has 0 aliphatic carbocycles. The van der Waals surface area contributed by atoms with E-state index in [2.05, 4.69) is 20.7 Å². The van der Waals surface area contributed by atoms with Gasteiger partial charge in [-0.2, -0.15) is 22.0 Å². The van der Waals surface area contributed by atoms with E-state index in [1.54, 1.807) is 0 Å². The number of ether oxygens (including phenoxy) is 1. The molecular weight excluding hydrogens is 301 g/mol. The van der Waals surface area contributed by atoms with Crippen LogP contribution in [0.1, 0.15) is 5.56 Å². The van der Waals surface area contributed by atoms with E-state index in [9.17, 15) is 22.0 Å². The maximum absolute atomic E-state index is 12.4. The Labute approximate surface area is 95.3 Å². The Morgan fingerprint density at radius 1 is 1.25 bits per heavy atom. The third kappa shape index (κ3) is 2.75. The summed E-state index contributed by atoms with van der Waals surface area (Å²) in [6.07, 6.45) is -4.67. The van der Waals surface area contributed by atoms with E-state index >= 15 is 0 Å². The lowest BCUT2D eigenvalue weighted by Gasteiger charge is -2.14. The van der Waals surface area contributed by atoms with E-state index in [-0.39, 0.29) is 5.69 Å². The highest BCUT2D eigenvalue weighted by Crippen LogP contribution is 2.42. The van der Waals surface area contributed by atoms with E-state index in [1.807, 2.05) is 0 Å². The summed E-state index contributed by atoms with van der Waals surface area (Å²) in [4.78, 5) is 0. The van der Waals surface area contributed by atoms with Gasteiger partial charge in [0.15, 0.2) is 5.75 Å². The quantitative estimate of drug-likeness (QED) is 0.668. The van der Waals surface area contributed by atoms with E-state index < -0.39 is 28.6 Å². The molecule has 1 rings (SSSR count). The number of alkyl halides is 5. The molecule has 1 aromatic carbocycles. The largest absolute Gasteiger partial charge is 0.431 e. The summed E-state index contributed by atoms with van der Waals surface area (Å²) in [6.45, 7) is -3.25. The van der Waals surface area contributed by atoms with Gasteiger partial charge in [-0.25, -0.2) is 0 Å². The molecular formula is C8H5BrF5NO. The van der Waals surface area contributed by atoms with Crippen LogP contribution >= 0.6 is 15.9 Å². The molecule has 0 saturated heterocycles. The normalized spacial score (nSPS) is 11.9. The molecule has 0 aliphatic heterocycles. The fourth-order valence-corrected chi connectivity index (χ4v) is 1.68. The number of nitrogens with two attached hydrogens (primary N) is 1. The first kappa shape index (κ1) is 13.0. The maximum atomic E-state index is 12.4. The van der Waals surface area contributed by atoms with Crippen LogP contribution in [0.2, 0.25) is 0 Å². The third-order valence-corrected chi connectivity index (χ3v) is 2.43. The maximum Gasteiger partial charge on any atom is 0.417 e. The van der Waals surface area contributed by atoms with Gasteiger partial charge in [0.25, 0.3) is 0 Å². The number of nitrogen functional groups attached to an aromatic ring is 1. The van der Waals surface area contributed by atoms with E-state index in [1.165, 1.54) is 0 Å². The average molecular weight is 306 g/mol. The summed E-state index contributed by atoms with van der Waals surface area (Å²) >= 11 is 2.54. The predicted molar refractivity (Wildman–Crippen MR) is 50.2 cm³/mol. The molecule has 2 N–H and O–H groups in total. The van der Waals surface area contributed by atoms with Crippen molar-refractivity contribution in [2.24, 2.45) is 0 Å². The molecule has 90 valence electrons. The molecule has 0 saturated carbocycles. The Morgan fingerprint density at radius 2 is 1.81 bits per heavy atom. The van der Waals surface area contributed by atoms with Crippen molar-refractivity contribution in [3.63, 3.8) is 0 Å². The van der Waals surface area contributed by atoms with Gasteiger partial charge in [-0.3, -0.25) is 0 Å². The lowest BCUT2D eigenvalue weighted by Crippen LogP contribution is -2.10. The topological polar surface area (TPSA) is 35.2 Å². The summed E-state index contributed by atoms with van der Waals surface area (Å²) in [5, 5.41) is 0. The van der Waals surface area contributed by atoms with Crippen LogP contribution in [0.15, 0.2) is 16.6 Å². The Kier molecular flexibility index (Phi) is 3.61. The summed E-state index contributed by atoms with van der Waals surface area (Å²) < 4.78 is 64.3. The van der Waals surface area contributed by atoms with Crippen molar-refractivity contribution in [2.45, 2.75) is 12.8 Å². The summed E-state index contributed by atoms with van der Waals surface area (Å²) in [5.41, 5.74) is 3.79. The second-order valence-corrected chi connectivity index (χ2v) is 3.51. The van der Waals surface area contributed by atoms with Gasteiger partial charge in [-0.1, -0.05) is 0 Å². The number of hydrogen-bond donors (Lipinski definition) is 1. The fourth-order valence-electron chi connectivity index (χ4n) is 0.999. The zero-order valence-electron chi connectivity index (χ0n) is 7.49. The van der Waals surface area contributed by atoms with Crippen molar-refractivity contribution in [1.82, 2.24) is 0 Å². The van der Waals surface area contributed by atoms with Gasteiger partial charge < -0.3 is 10.5 Å². The monoisotopic (exact) mass is 305 g/mol. The van der Waals surface area contributed by atoms with E-state index in [4.69, 9.17) is 5.73 Å². The second-order valence-electron chi connectivity index (χ2n) is 2.72. The first-order valence-corrected chi connectivity index (χ1v) is 4.62. The van der Waals surface area contributed by atoms with Gasteiger partial charge in [0.2, 0.25) is 0 Å². The Hall–Kier alpha value is -1.05. The highest BCUT2D eigenvalue weighted by Gasteiger charge is 2.35. The fraction of sp³-hybridized carbons (Fsp3) is 0.250. The van der Waals surface area contributed by atoms with Gasteiger partial charge >= 0.3 is 12.8 Å². The number of rotatable bonds is 2. The van der Waals surface area contributed by atoms with Gasteiger partial charge in [0.1, 0.15) is 0 Å². The van der Waals surface area contributed by atoms with Crippen molar-refractivity contribution in [2.75, 3.05) is 5.73 Å². The molecule has 0 heterocycles. The second kappa shape index (κ2) is 4.44. The summed E-state index contributed by atoms with van der Waals surface area (Å²) in [7, 11) is 0. The van der Waals surface area contributed by atoms with Gasteiger partial charge in [0.05, 0.1) is 15.7 Å². The average Bonchev–Trinajstić information content (AvgIpc) is 2.09. The van der Waals surface area contributed by atoms with E-state index in [0.29, 0.717) is 6.07 Å². The molecule has 0 atom stereocenters. The van der Waals surface area contributed by atoms with Crippen LogP contribution in [-0.4, -0.2) is 6.61 Å². The van der Waals surface area contributed by atoms with Crippen molar-refractivity contribution in [1.29, 1.82) is 0 Å². The highest BCUT2D eigenvalue weighted by atomic mass is 79.9. The molecule has 16 heavy (non-hydrogen) atoms. The van der Waals surface area contributed by atoms with Crippen LogP contribution < -0.4 is 10.5 Å².